The minimum atomic E-state index is -0.322. The fraction of sp³-hybridized carbons (Fsp3) is 0.286. The summed E-state index contributed by atoms with van der Waals surface area (Å²) in [6.07, 6.45) is 0. The Hall–Kier alpha value is -2.08. The van der Waals surface area contributed by atoms with Crippen molar-refractivity contribution < 1.29 is 0 Å². The monoisotopic (exact) mass is 226 g/mol. The third-order valence-corrected chi connectivity index (χ3v) is 2.81. The minimum Gasteiger partial charge on any atom is -0.321 e. The van der Waals surface area contributed by atoms with E-state index in [-0.39, 0.29) is 16.5 Å². The third-order valence-electron chi connectivity index (χ3n) is 2.81. The van der Waals surface area contributed by atoms with E-state index >= 15 is 0 Å². The van der Waals surface area contributed by atoms with Gasteiger partial charge in [-0.05, 0) is 22.4 Å². The fourth-order valence-corrected chi connectivity index (χ4v) is 1.94. The van der Waals surface area contributed by atoms with Crippen LogP contribution in [0.2, 0.25) is 0 Å². The van der Waals surface area contributed by atoms with Gasteiger partial charge in [0.25, 0.3) is 5.56 Å². The van der Waals surface area contributed by atoms with Crippen LogP contribution < -0.4 is 5.56 Å². The van der Waals surface area contributed by atoms with Gasteiger partial charge in [0.05, 0.1) is 5.52 Å². The van der Waals surface area contributed by atoms with Crippen molar-refractivity contribution in [3.05, 3.63) is 45.7 Å². The van der Waals surface area contributed by atoms with Gasteiger partial charge in [-0.15, -0.1) is 0 Å². The lowest BCUT2D eigenvalue weighted by atomic mass is 9.85. The fourth-order valence-electron chi connectivity index (χ4n) is 1.94. The van der Waals surface area contributed by atoms with Crippen LogP contribution >= 0.6 is 0 Å². The van der Waals surface area contributed by atoms with Crippen molar-refractivity contribution in [3.63, 3.8) is 0 Å². The van der Waals surface area contributed by atoms with Gasteiger partial charge >= 0.3 is 0 Å². The third kappa shape index (κ3) is 1.94. The van der Waals surface area contributed by atoms with Crippen LogP contribution in [-0.4, -0.2) is 4.98 Å². The molecule has 0 radical (unpaired) electrons. The number of para-hydroxylation sites is 1. The predicted molar refractivity (Wildman–Crippen MR) is 68.0 cm³/mol. The maximum Gasteiger partial charge on any atom is 0.266 e. The zero-order valence-electron chi connectivity index (χ0n) is 10.2. The van der Waals surface area contributed by atoms with Gasteiger partial charge in [0, 0.05) is 0 Å². The summed E-state index contributed by atoms with van der Waals surface area (Å²) in [6, 6.07) is 9.40. The van der Waals surface area contributed by atoms with Crippen molar-refractivity contribution >= 4 is 10.9 Å². The standard InChI is InChI=1S/C14H14N2O/c1-14(2,3)11-6-4-5-9-7-10(8-15)13(17)16-12(9)11/h4-7H,1-3H3,(H,16,17). The average Bonchev–Trinajstić information content (AvgIpc) is 2.26. The maximum absolute atomic E-state index is 11.7. The summed E-state index contributed by atoms with van der Waals surface area (Å²) in [5.74, 6) is 0. The van der Waals surface area contributed by atoms with Gasteiger partial charge in [-0.1, -0.05) is 39.0 Å². The second-order valence-corrected chi connectivity index (χ2v) is 5.14. The van der Waals surface area contributed by atoms with Crippen molar-refractivity contribution in [2.24, 2.45) is 0 Å². The highest BCUT2D eigenvalue weighted by Gasteiger charge is 2.17. The molecule has 0 fully saturated rings. The molecule has 1 aromatic heterocycles. The van der Waals surface area contributed by atoms with Crippen LogP contribution in [0, 0.1) is 11.3 Å². The van der Waals surface area contributed by atoms with Crippen LogP contribution in [-0.2, 0) is 5.41 Å². The summed E-state index contributed by atoms with van der Waals surface area (Å²) in [5, 5.41) is 9.73. The molecule has 0 saturated heterocycles. The van der Waals surface area contributed by atoms with Crippen LogP contribution in [0.15, 0.2) is 29.1 Å². The molecule has 1 aromatic carbocycles. The molecule has 3 heteroatoms. The van der Waals surface area contributed by atoms with E-state index in [4.69, 9.17) is 5.26 Å². The zero-order chi connectivity index (χ0) is 12.6. The van der Waals surface area contributed by atoms with E-state index in [0.717, 1.165) is 16.5 Å². The molecule has 1 N–H and O–H groups in total. The number of hydrogen-bond acceptors (Lipinski definition) is 2. The molecule has 0 atom stereocenters. The molecule has 0 aliphatic heterocycles. The first-order chi connectivity index (χ1) is 7.93. The van der Waals surface area contributed by atoms with Gasteiger partial charge in [0.2, 0.25) is 0 Å². The number of rotatable bonds is 0. The van der Waals surface area contributed by atoms with Crippen LogP contribution in [0.5, 0.6) is 0 Å². The normalized spacial score (nSPS) is 11.4. The Morgan fingerprint density at radius 3 is 2.59 bits per heavy atom. The molecule has 1 heterocycles. The lowest BCUT2D eigenvalue weighted by Crippen LogP contribution is -2.16. The topological polar surface area (TPSA) is 56.6 Å². The molecular formula is C14H14N2O. The number of nitriles is 1. The summed E-state index contributed by atoms with van der Waals surface area (Å²) in [5.41, 5.74) is 1.69. The first-order valence-corrected chi connectivity index (χ1v) is 5.50. The quantitative estimate of drug-likeness (QED) is 0.750. The van der Waals surface area contributed by atoms with Crippen molar-refractivity contribution in [1.29, 1.82) is 5.26 Å². The lowest BCUT2D eigenvalue weighted by molar-refractivity contribution is 0.594. The van der Waals surface area contributed by atoms with Gasteiger partial charge in [0.1, 0.15) is 11.6 Å². The largest absolute Gasteiger partial charge is 0.321 e. The van der Waals surface area contributed by atoms with Gasteiger partial charge in [-0.2, -0.15) is 5.26 Å². The second kappa shape index (κ2) is 3.74. The SMILES string of the molecule is CC(C)(C)c1cccc2cc(C#N)c(=O)[nH]c12. The number of hydrogen-bond donors (Lipinski definition) is 1. The first kappa shape index (κ1) is 11.4. The van der Waals surface area contributed by atoms with E-state index in [9.17, 15) is 4.79 Å². The van der Waals surface area contributed by atoms with Crippen LogP contribution in [0.3, 0.4) is 0 Å². The molecule has 0 aliphatic carbocycles. The highest BCUT2D eigenvalue weighted by atomic mass is 16.1. The number of aromatic nitrogens is 1. The average molecular weight is 226 g/mol. The van der Waals surface area contributed by atoms with Gasteiger partial charge in [-0.3, -0.25) is 4.79 Å². The lowest BCUT2D eigenvalue weighted by Gasteiger charge is -2.20. The summed E-state index contributed by atoms with van der Waals surface area (Å²) in [4.78, 5) is 14.5. The summed E-state index contributed by atoms with van der Waals surface area (Å²) < 4.78 is 0. The van der Waals surface area contributed by atoms with Crippen molar-refractivity contribution in [1.82, 2.24) is 4.98 Å². The van der Waals surface area contributed by atoms with E-state index in [2.05, 4.69) is 25.8 Å². The van der Waals surface area contributed by atoms with E-state index in [1.54, 1.807) is 6.07 Å². The summed E-state index contributed by atoms with van der Waals surface area (Å²) >= 11 is 0. The number of nitrogens with zero attached hydrogens (tertiary/aromatic N) is 1. The predicted octanol–water partition coefficient (Wildman–Crippen LogP) is 2.70. The second-order valence-electron chi connectivity index (χ2n) is 5.14. The molecular weight excluding hydrogens is 212 g/mol. The highest BCUT2D eigenvalue weighted by Crippen LogP contribution is 2.28. The molecule has 0 saturated carbocycles. The molecule has 0 bridgehead atoms. The Kier molecular flexibility index (Phi) is 2.51. The Morgan fingerprint density at radius 2 is 2.00 bits per heavy atom. The number of pyridine rings is 1. The van der Waals surface area contributed by atoms with E-state index in [0.29, 0.717) is 0 Å². The number of nitrogens with one attached hydrogen (secondary N) is 1. The number of fused-ring (bicyclic) bond motifs is 1. The molecule has 2 aromatic rings. The molecule has 17 heavy (non-hydrogen) atoms. The molecule has 0 aliphatic rings. The van der Waals surface area contributed by atoms with Gasteiger partial charge in [0.15, 0.2) is 0 Å². The Balaban J connectivity index is 2.88. The number of aromatic amines is 1. The highest BCUT2D eigenvalue weighted by molar-refractivity contribution is 5.83. The first-order valence-electron chi connectivity index (χ1n) is 5.50. The number of benzene rings is 1. The molecule has 0 unspecified atom stereocenters. The van der Waals surface area contributed by atoms with Crippen LogP contribution in [0.1, 0.15) is 31.9 Å². The Labute approximate surface area is 99.7 Å². The van der Waals surface area contributed by atoms with Gasteiger partial charge in [-0.25, -0.2) is 0 Å². The van der Waals surface area contributed by atoms with Gasteiger partial charge < -0.3 is 4.98 Å². The molecule has 2 rings (SSSR count). The molecule has 86 valence electrons. The molecule has 3 nitrogen and oxygen atoms in total. The van der Waals surface area contributed by atoms with Crippen molar-refractivity contribution in [3.8, 4) is 6.07 Å². The molecule has 0 amide bonds. The smallest absolute Gasteiger partial charge is 0.266 e. The Morgan fingerprint density at radius 1 is 1.29 bits per heavy atom. The van der Waals surface area contributed by atoms with E-state index in [1.807, 2.05) is 24.3 Å². The van der Waals surface area contributed by atoms with E-state index in [1.165, 1.54) is 0 Å². The Bertz CT molecular complexity index is 669. The van der Waals surface area contributed by atoms with Crippen LogP contribution in [0.25, 0.3) is 10.9 Å². The van der Waals surface area contributed by atoms with Crippen molar-refractivity contribution in [2.75, 3.05) is 0 Å². The van der Waals surface area contributed by atoms with Crippen LogP contribution in [0.4, 0.5) is 0 Å². The summed E-state index contributed by atoms with van der Waals surface area (Å²) in [6.45, 7) is 6.29. The van der Waals surface area contributed by atoms with E-state index < -0.39 is 0 Å². The zero-order valence-corrected chi connectivity index (χ0v) is 10.2. The maximum atomic E-state index is 11.7. The molecule has 0 spiro atoms. The summed E-state index contributed by atoms with van der Waals surface area (Å²) in [7, 11) is 0. The minimum absolute atomic E-state index is 0.0450. The number of H-pyrrole nitrogens is 1. The van der Waals surface area contributed by atoms with Crippen molar-refractivity contribution in [2.45, 2.75) is 26.2 Å².